The lowest BCUT2D eigenvalue weighted by molar-refractivity contribution is 0.339. The van der Waals surface area contributed by atoms with Crippen LogP contribution in [0, 0.1) is 5.92 Å². The van der Waals surface area contributed by atoms with Gasteiger partial charge < -0.3 is 10.1 Å². The van der Waals surface area contributed by atoms with E-state index in [4.69, 9.17) is 4.74 Å². The zero-order chi connectivity index (χ0) is 14.3. The van der Waals surface area contributed by atoms with Crippen LogP contribution in [0.1, 0.15) is 46.6 Å². The van der Waals surface area contributed by atoms with Gasteiger partial charge in [-0.15, -0.1) is 0 Å². The zero-order valence-corrected chi connectivity index (χ0v) is 13.1. The van der Waals surface area contributed by atoms with Gasteiger partial charge >= 0.3 is 0 Å². The first-order valence-electron chi connectivity index (χ1n) is 7.39. The second kappa shape index (κ2) is 7.54. The molecule has 1 aromatic carbocycles. The van der Waals surface area contributed by atoms with E-state index in [9.17, 15) is 0 Å². The van der Waals surface area contributed by atoms with Crippen molar-refractivity contribution in [2.45, 2.75) is 46.5 Å². The molecular weight excluding hydrogens is 234 g/mol. The minimum Gasteiger partial charge on any atom is -0.494 e. The summed E-state index contributed by atoms with van der Waals surface area (Å²) in [4.78, 5) is 0. The fraction of sp³-hybridized carbons (Fsp3) is 0.647. The lowest BCUT2D eigenvalue weighted by Crippen LogP contribution is -2.27. The molecule has 0 atom stereocenters. The van der Waals surface area contributed by atoms with Crippen LogP contribution in [0.5, 0.6) is 5.75 Å². The van der Waals surface area contributed by atoms with Crippen molar-refractivity contribution in [3.63, 3.8) is 0 Å². The molecule has 1 aromatic rings. The first kappa shape index (κ1) is 16.0. The Balaban J connectivity index is 2.51. The van der Waals surface area contributed by atoms with E-state index in [0.717, 1.165) is 31.9 Å². The van der Waals surface area contributed by atoms with Gasteiger partial charge in [0.15, 0.2) is 0 Å². The topological polar surface area (TPSA) is 21.3 Å². The van der Waals surface area contributed by atoms with Crippen LogP contribution in [-0.2, 0) is 5.41 Å². The van der Waals surface area contributed by atoms with E-state index < -0.39 is 0 Å². The highest BCUT2D eigenvalue weighted by atomic mass is 16.5. The molecule has 0 saturated heterocycles. The smallest absolute Gasteiger partial charge is 0.119 e. The molecule has 0 saturated carbocycles. The highest BCUT2D eigenvalue weighted by molar-refractivity contribution is 5.31. The van der Waals surface area contributed by atoms with Crippen LogP contribution in [0.15, 0.2) is 24.3 Å². The minimum atomic E-state index is 0.203. The molecule has 0 amide bonds. The second-order valence-electron chi connectivity index (χ2n) is 6.19. The third-order valence-corrected chi connectivity index (χ3v) is 3.43. The van der Waals surface area contributed by atoms with E-state index in [-0.39, 0.29) is 5.41 Å². The Bertz CT molecular complexity index is 354. The van der Waals surface area contributed by atoms with Crippen LogP contribution in [0.2, 0.25) is 0 Å². The highest BCUT2D eigenvalue weighted by Gasteiger charge is 2.19. The molecule has 0 spiro atoms. The summed E-state index contributed by atoms with van der Waals surface area (Å²) in [5, 5.41) is 3.52. The summed E-state index contributed by atoms with van der Waals surface area (Å²) < 4.78 is 5.49. The monoisotopic (exact) mass is 263 g/mol. The van der Waals surface area contributed by atoms with Gasteiger partial charge in [0.1, 0.15) is 5.75 Å². The summed E-state index contributed by atoms with van der Waals surface area (Å²) in [6, 6.07) is 8.52. The van der Waals surface area contributed by atoms with Crippen LogP contribution in [0.4, 0.5) is 0 Å². The number of hydrogen-bond donors (Lipinski definition) is 1. The fourth-order valence-corrected chi connectivity index (χ4v) is 2.10. The maximum Gasteiger partial charge on any atom is 0.119 e. The van der Waals surface area contributed by atoms with E-state index in [1.807, 2.05) is 6.92 Å². The molecule has 1 N–H and O–H groups in total. The molecule has 2 nitrogen and oxygen atoms in total. The summed E-state index contributed by atoms with van der Waals surface area (Å²) in [7, 11) is 0. The minimum absolute atomic E-state index is 0.203. The van der Waals surface area contributed by atoms with Gasteiger partial charge in [0.25, 0.3) is 0 Å². The summed E-state index contributed by atoms with van der Waals surface area (Å²) in [6.07, 6.45) is 1.15. The van der Waals surface area contributed by atoms with Gasteiger partial charge in [-0.25, -0.2) is 0 Å². The van der Waals surface area contributed by atoms with Crippen LogP contribution in [-0.4, -0.2) is 19.7 Å². The molecule has 0 unspecified atom stereocenters. The van der Waals surface area contributed by atoms with Crippen molar-refractivity contribution < 1.29 is 4.74 Å². The molecule has 0 bridgehead atoms. The summed E-state index contributed by atoms with van der Waals surface area (Å²) in [5.41, 5.74) is 1.58. The molecule has 2 heteroatoms. The van der Waals surface area contributed by atoms with Crippen molar-refractivity contribution >= 4 is 0 Å². The molecule has 0 heterocycles. The van der Waals surface area contributed by atoms with Crippen molar-refractivity contribution in [3.8, 4) is 5.75 Å². The van der Waals surface area contributed by atoms with E-state index in [1.165, 1.54) is 5.56 Å². The summed E-state index contributed by atoms with van der Waals surface area (Å²) in [5.74, 6) is 1.67. The van der Waals surface area contributed by atoms with Gasteiger partial charge in [0, 0.05) is 0 Å². The molecule has 1 rings (SSSR count). The van der Waals surface area contributed by atoms with Crippen molar-refractivity contribution in [2.24, 2.45) is 5.92 Å². The largest absolute Gasteiger partial charge is 0.494 e. The molecular formula is C17H29NO. The zero-order valence-electron chi connectivity index (χ0n) is 13.1. The van der Waals surface area contributed by atoms with Crippen LogP contribution >= 0.6 is 0 Å². The van der Waals surface area contributed by atoms with Crippen molar-refractivity contribution in [1.29, 1.82) is 0 Å². The third kappa shape index (κ3) is 5.65. The van der Waals surface area contributed by atoms with Gasteiger partial charge in [-0.3, -0.25) is 0 Å². The highest BCUT2D eigenvalue weighted by Crippen LogP contribution is 2.28. The SMILES string of the molecule is CCOc1ccc(C(C)(C)CCNCC(C)C)cc1. The normalized spacial score (nSPS) is 11.9. The number of nitrogens with one attached hydrogen (secondary N) is 1. The summed E-state index contributed by atoms with van der Waals surface area (Å²) in [6.45, 7) is 14.0. The number of ether oxygens (including phenoxy) is 1. The van der Waals surface area contributed by atoms with Gasteiger partial charge in [-0.1, -0.05) is 39.8 Å². The van der Waals surface area contributed by atoms with E-state index in [1.54, 1.807) is 0 Å². The lowest BCUT2D eigenvalue weighted by atomic mass is 9.81. The summed E-state index contributed by atoms with van der Waals surface area (Å²) >= 11 is 0. The Kier molecular flexibility index (Phi) is 6.36. The molecule has 0 aliphatic rings. The maximum atomic E-state index is 5.49. The molecule has 108 valence electrons. The van der Waals surface area contributed by atoms with Crippen molar-refractivity contribution in [2.75, 3.05) is 19.7 Å². The molecule has 0 fully saturated rings. The number of rotatable bonds is 8. The predicted octanol–water partition coefficient (Wildman–Crippen LogP) is 4.00. The quantitative estimate of drug-likeness (QED) is 0.716. The first-order chi connectivity index (χ1) is 8.95. The van der Waals surface area contributed by atoms with E-state index in [2.05, 4.69) is 57.3 Å². The first-order valence-corrected chi connectivity index (χ1v) is 7.39. The van der Waals surface area contributed by atoms with Crippen LogP contribution < -0.4 is 10.1 Å². The van der Waals surface area contributed by atoms with Crippen LogP contribution in [0.25, 0.3) is 0 Å². The Hall–Kier alpha value is -1.02. The van der Waals surface area contributed by atoms with Gasteiger partial charge in [-0.2, -0.15) is 0 Å². The Morgan fingerprint density at radius 2 is 1.79 bits per heavy atom. The van der Waals surface area contributed by atoms with E-state index in [0.29, 0.717) is 5.92 Å². The maximum absolute atomic E-state index is 5.49. The molecule has 0 aromatic heterocycles. The third-order valence-electron chi connectivity index (χ3n) is 3.43. The number of benzene rings is 1. The second-order valence-corrected chi connectivity index (χ2v) is 6.19. The standard InChI is InChI=1S/C17H29NO/c1-6-19-16-9-7-15(8-10-16)17(4,5)11-12-18-13-14(2)3/h7-10,14,18H,6,11-13H2,1-5H3. The average Bonchev–Trinajstić information content (AvgIpc) is 2.36. The Morgan fingerprint density at radius 3 is 2.32 bits per heavy atom. The van der Waals surface area contributed by atoms with Crippen molar-refractivity contribution in [1.82, 2.24) is 5.32 Å². The van der Waals surface area contributed by atoms with E-state index >= 15 is 0 Å². The molecule has 0 aliphatic heterocycles. The van der Waals surface area contributed by atoms with Crippen molar-refractivity contribution in [3.05, 3.63) is 29.8 Å². The molecule has 0 radical (unpaired) electrons. The molecule has 0 aliphatic carbocycles. The predicted molar refractivity (Wildman–Crippen MR) is 83.0 cm³/mol. The van der Waals surface area contributed by atoms with Crippen LogP contribution in [0.3, 0.4) is 0 Å². The Labute approximate surface area is 118 Å². The lowest BCUT2D eigenvalue weighted by Gasteiger charge is -2.26. The number of hydrogen-bond acceptors (Lipinski definition) is 2. The fourth-order valence-electron chi connectivity index (χ4n) is 2.10. The molecule has 19 heavy (non-hydrogen) atoms. The van der Waals surface area contributed by atoms with Gasteiger partial charge in [0.2, 0.25) is 0 Å². The average molecular weight is 263 g/mol. The Morgan fingerprint density at radius 1 is 1.16 bits per heavy atom. The van der Waals surface area contributed by atoms with Gasteiger partial charge in [0.05, 0.1) is 6.61 Å². The van der Waals surface area contributed by atoms with Gasteiger partial charge in [-0.05, 0) is 55.5 Å².